The monoisotopic (exact) mass is 134 g/mol. The van der Waals surface area contributed by atoms with Gasteiger partial charge in [0.15, 0.2) is 5.65 Å². The fourth-order valence-corrected chi connectivity index (χ4v) is 0.881. The number of hydrogen-bond acceptors (Lipinski definition) is 2. The van der Waals surface area contributed by atoms with E-state index in [1.807, 2.05) is 0 Å². The molecule has 0 aliphatic heterocycles. The van der Waals surface area contributed by atoms with Crippen LogP contribution in [0.2, 0.25) is 0 Å². The quantitative estimate of drug-likeness (QED) is 0.602. The van der Waals surface area contributed by atoms with Crippen molar-refractivity contribution in [1.82, 2.24) is 14.6 Å². The van der Waals surface area contributed by atoms with Gasteiger partial charge in [0.1, 0.15) is 0 Å². The Morgan fingerprint density at radius 1 is 1.70 bits per heavy atom. The third-order valence-electron chi connectivity index (χ3n) is 1.34. The van der Waals surface area contributed by atoms with E-state index in [2.05, 4.69) is 10.1 Å². The number of nitrogens with zero attached hydrogens (tertiary/aromatic N) is 2. The van der Waals surface area contributed by atoms with Crippen LogP contribution in [0.4, 0.5) is 0 Å². The number of rotatable bonds is 1. The second-order valence-electron chi connectivity index (χ2n) is 1.91. The molecule has 1 radical (unpaired) electrons. The van der Waals surface area contributed by atoms with E-state index in [4.69, 9.17) is 0 Å². The molecular weight excluding hydrogens is 130 g/mol. The Morgan fingerprint density at radius 3 is 3.40 bits per heavy atom. The molecule has 0 aromatic carbocycles. The van der Waals surface area contributed by atoms with Crippen molar-refractivity contribution in [2.75, 3.05) is 0 Å². The van der Waals surface area contributed by atoms with Crippen LogP contribution in [0.5, 0.6) is 0 Å². The van der Waals surface area contributed by atoms with Gasteiger partial charge in [0.2, 0.25) is 6.29 Å². The third-order valence-corrected chi connectivity index (χ3v) is 1.34. The standard InChI is InChI=1S/C6H4N3O/c10-4-5-3-8-9-2-1-7-6(5)9/h1-3,8H. The van der Waals surface area contributed by atoms with Gasteiger partial charge in [0, 0.05) is 18.6 Å². The molecule has 2 aromatic heterocycles. The molecule has 2 rings (SSSR count). The van der Waals surface area contributed by atoms with Crippen molar-refractivity contribution in [3.8, 4) is 0 Å². The lowest BCUT2D eigenvalue weighted by atomic mass is 10.4. The molecule has 0 amide bonds. The zero-order valence-electron chi connectivity index (χ0n) is 5.03. The number of aromatic nitrogens is 3. The van der Waals surface area contributed by atoms with Gasteiger partial charge >= 0.3 is 0 Å². The van der Waals surface area contributed by atoms with Gasteiger partial charge in [-0.05, 0) is 0 Å². The van der Waals surface area contributed by atoms with Crippen LogP contribution in [-0.2, 0) is 4.79 Å². The van der Waals surface area contributed by atoms with Crippen LogP contribution in [0, 0.1) is 0 Å². The van der Waals surface area contributed by atoms with Crippen LogP contribution in [0.1, 0.15) is 5.56 Å². The lowest BCUT2D eigenvalue weighted by Crippen LogP contribution is -1.78. The highest BCUT2D eigenvalue weighted by atomic mass is 16.1. The summed E-state index contributed by atoms with van der Waals surface area (Å²) in [5.41, 5.74) is 1.08. The molecule has 2 heterocycles. The molecule has 0 atom stereocenters. The highest BCUT2D eigenvalue weighted by molar-refractivity contribution is 5.83. The molecule has 0 fully saturated rings. The normalized spacial score (nSPS) is 10.4. The van der Waals surface area contributed by atoms with Gasteiger partial charge in [0.25, 0.3) is 0 Å². The van der Waals surface area contributed by atoms with Crippen LogP contribution < -0.4 is 0 Å². The maximum absolute atomic E-state index is 10.2. The van der Waals surface area contributed by atoms with Gasteiger partial charge in [-0.1, -0.05) is 0 Å². The Balaban J connectivity index is 2.88. The van der Waals surface area contributed by atoms with Crippen LogP contribution in [0.3, 0.4) is 0 Å². The Labute approximate surface area is 56.5 Å². The first-order chi connectivity index (χ1) is 4.92. The molecule has 0 aliphatic rings. The maximum Gasteiger partial charge on any atom is 0.239 e. The summed E-state index contributed by atoms with van der Waals surface area (Å²) < 4.78 is 1.65. The summed E-state index contributed by atoms with van der Waals surface area (Å²) in [5, 5.41) is 2.81. The van der Waals surface area contributed by atoms with Crippen molar-refractivity contribution >= 4 is 11.9 Å². The number of hydrogen-bond donors (Lipinski definition) is 1. The lowest BCUT2D eigenvalue weighted by molar-refractivity contribution is 0.563. The third kappa shape index (κ3) is 0.500. The number of imidazole rings is 1. The van der Waals surface area contributed by atoms with E-state index < -0.39 is 0 Å². The smallest absolute Gasteiger partial charge is 0.239 e. The molecule has 4 nitrogen and oxygen atoms in total. The summed E-state index contributed by atoms with van der Waals surface area (Å²) >= 11 is 0. The largest absolute Gasteiger partial charge is 0.299 e. The number of nitrogens with one attached hydrogen (secondary N) is 1. The number of carbonyl (C=O) groups excluding carboxylic acids is 1. The van der Waals surface area contributed by atoms with Crippen molar-refractivity contribution in [2.24, 2.45) is 0 Å². The van der Waals surface area contributed by atoms with Crippen LogP contribution in [-0.4, -0.2) is 20.9 Å². The summed E-state index contributed by atoms with van der Waals surface area (Å²) in [7, 11) is 0. The van der Waals surface area contributed by atoms with E-state index in [1.165, 1.54) is 0 Å². The summed E-state index contributed by atoms with van der Waals surface area (Å²) in [4.78, 5) is 14.1. The van der Waals surface area contributed by atoms with E-state index in [0.717, 1.165) is 0 Å². The predicted molar refractivity (Wildman–Crippen MR) is 34.3 cm³/mol. The van der Waals surface area contributed by atoms with Crippen molar-refractivity contribution in [1.29, 1.82) is 0 Å². The van der Waals surface area contributed by atoms with Gasteiger partial charge < -0.3 is 0 Å². The minimum absolute atomic E-state index is 0.463. The topological polar surface area (TPSA) is 50.2 Å². The van der Waals surface area contributed by atoms with Gasteiger partial charge in [-0.25, -0.2) is 9.50 Å². The summed E-state index contributed by atoms with van der Waals surface area (Å²) in [5.74, 6) is 0. The van der Waals surface area contributed by atoms with Crippen LogP contribution in [0.15, 0.2) is 18.6 Å². The molecule has 0 saturated heterocycles. The Bertz CT molecular complexity index is 360. The van der Waals surface area contributed by atoms with Crippen LogP contribution >= 0.6 is 0 Å². The summed E-state index contributed by atoms with van der Waals surface area (Å²) in [6, 6.07) is 0. The number of fused-ring (bicyclic) bond motifs is 1. The highest BCUT2D eigenvalue weighted by Crippen LogP contribution is 2.02. The fourth-order valence-electron chi connectivity index (χ4n) is 0.881. The zero-order valence-corrected chi connectivity index (χ0v) is 5.03. The second kappa shape index (κ2) is 1.70. The minimum Gasteiger partial charge on any atom is -0.299 e. The zero-order chi connectivity index (χ0) is 6.97. The Morgan fingerprint density at radius 2 is 2.60 bits per heavy atom. The SMILES string of the molecule is O=[C]c1c[nH]n2ccnc12. The highest BCUT2D eigenvalue weighted by Gasteiger charge is 2.01. The van der Waals surface area contributed by atoms with E-state index >= 15 is 0 Å². The molecule has 0 spiro atoms. The van der Waals surface area contributed by atoms with Gasteiger partial charge in [-0.3, -0.25) is 9.89 Å². The van der Waals surface area contributed by atoms with Crippen molar-refractivity contribution in [3.05, 3.63) is 24.2 Å². The van der Waals surface area contributed by atoms with Gasteiger partial charge in [0.05, 0.1) is 5.56 Å². The maximum atomic E-state index is 10.2. The Kier molecular flexibility index (Phi) is 0.887. The molecule has 4 heteroatoms. The minimum atomic E-state index is 0.463. The average molecular weight is 134 g/mol. The summed E-state index contributed by atoms with van der Waals surface area (Å²) in [6.07, 6.45) is 6.69. The molecule has 0 unspecified atom stereocenters. The first kappa shape index (κ1) is 5.22. The molecule has 0 aliphatic carbocycles. The fraction of sp³-hybridized carbons (Fsp3) is 0. The molecule has 10 heavy (non-hydrogen) atoms. The van der Waals surface area contributed by atoms with E-state index in [0.29, 0.717) is 11.2 Å². The molecule has 1 N–H and O–H groups in total. The molecule has 49 valence electrons. The van der Waals surface area contributed by atoms with Crippen molar-refractivity contribution in [3.63, 3.8) is 0 Å². The molecular formula is C6H4N3O. The first-order valence-corrected chi connectivity index (χ1v) is 2.80. The van der Waals surface area contributed by atoms with E-state index in [9.17, 15) is 4.79 Å². The predicted octanol–water partition coefficient (Wildman–Crippen LogP) is 0.120. The van der Waals surface area contributed by atoms with Gasteiger partial charge in [-0.2, -0.15) is 0 Å². The molecule has 2 aromatic rings. The molecule has 0 bridgehead atoms. The number of H-pyrrole nitrogens is 1. The van der Waals surface area contributed by atoms with Crippen molar-refractivity contribution < 1.29 is 4.79 Å². The second-order valence-corrected chi connectivity index (χ2v) is 1.91. The first-order valence-electron chi connectivity index (χ1n) is 2.80. The van der Waals surface area contributed by atoms with E-state index in [1.54, 1.807) is 29.4 Å². The average Bonchev–Trinajstić information content (AvgIpc) is 2.44. The van der Waals surface area contributed by atoms with Gasteiger partial charge in [-0.15, -0.1) is 0 Å². The van der Waals surface area contributed by atoms with E-state index in [-0.39, 0.29) is 0 Å². The number of aromatic amines is 1. The Hall–Kier alpha value is -1.58. The van der Waals surface area contributed by atoms with Crippen LogP contribution in [0.25, 0.3) is 5.65 Å². The van der Waals surface area contributed by atoms with Crippen molar-refractivity contribution in [2.45, 2.75) is 0 Å². The molecule has 0 saturated carbocycles. The lowest BCUT2D eigenvalue weighted by Gasteiger charge is -1.76. The summed E-state index contributed by atoms with van der Waals surface area (Å²) in [6.45, 7) is 0.